The van der Waals surface area contributed by atoms with E-state index in [0.29, 0.717) is 15.6 Å². The van der Waals surface area contributed by atoms with Crippen molar-refractivity contribution in [3.8, 4) is 11.1 Å². The van der Waals surface area contributed by atoms with Gasteiger partial charge in [-0.2, -0.15) is 0 Å². The van der Waals surface area contributed by atoms with Crippen LogP contribution in [0.1, 0.15) is 20.7 Å². The highest BCUT2D eigenvalue weighted by Gasteiger charge is 2.21. The van der Waals surface area contributed by atoms with Gasteiger partial charge in [-0.15, -0.1) is 0 Å². The highest BCUT2D eigenvalue weighted by Crippen LogP contribution is 2.30. The summed E-state index contributed by atoms with van der Waals surface area (Å²) < 4.78 is 0.522. The number of carbonyl (C=O) groups is 2. The predicted molar refractivity (Wildman–Crippen MR) is 73.5 cm³/mol. The molecular weight excluding hydrogens is 312 g/mol. The largest absolute Gasteiger partial charge is 0.478 e. The Morgan fingerprint density at radius 1 is 0.947 bits per heavy atom. The van der Waals surface area contributed by atoms with E-state index in [0.717, 1.165) is 0 Å². The summed E-state index contributed by atoms with van der Waals surface area (Å²) >= 11 is 3.21. The van der Waals surface area contributed by atoms with Crippen LogP contribution in [-0.2, 0) is 0 Å². The molecule has 0 fully saturated rings. The van der Waals surface area contributed by atoms with Crippen LogP contribution < -0.4 is 0 Å². The second-order valence-electron chi connectivity index (χ2n) is 3.85. The number of aromatic carboxylic acids is 2. The van der Waals surface area contributed by atoms with Gasteiger partial charge in [-0.25, -0.2) is 9.59 Å². The Morgan fingerprint density at radius 3 is 2.11 bits per heavy atom. The summed E-state index contributed by atoms with van der Waals surface area (Å²) in [5, 5.41) is 18.4. The van der Waals surface area contributed by atoms with Crippen LogP contribution in [0.25, 0.3) is 11.1 Å². The Bertz CT molecular complexity index is 650. The second-order valence-corrected chi connectivity index (χ2v) is 4.77. The molecule has 4 nitrogen and oxygen atoms in total. The number of hydrogen-bond donors (Lipinski definition) is 2. The molecule has 0 spiro atoms. The van der Waals surface area contributed by atoms with Crippen LogP contribution in [0.3, 0.4) is 0 Å². The van der Waals surface area contributed by atoms with Gasteiger partial charge in [0.25, 0.3) is 0 Å². The minimum Gasteiger partial charge on any atom is -0.478 e. The number of hydrogen-bond acceptors (Lipinski definition) is 2. The molecule has 0 bridgehead atoms. The third-order valence-corrected chi connectivity index (χ3v) is 3.09. The maximum Gasteiger partial charge on any atom is 0.337 e. The highest BCUT2D eigenvalue weighted by atomic mass is 79.9. The van der Waals surface area contributed by atoms with E-state index in [4.69, 9.17) is 5.11 Å². The summed E-state index contributed by atoms with van der Waals surface area (Å²) in [5.74, 6) is -2.53. The first-order chi connectivity index (χ1) is 9.00. The van der Waals surface area contributed by atoms with Gasteiger partial charge in [0, 0.05) is 4.47 Å². The number of carboxylic acid groups (broad SMARTS) is 2. The molecule has 5 heteroatoms. The molecule has 0 aliphatic rings. The van der Waals surface area contributed by atoms with Gasteiger partial charge in [0.1, 0.15) is 0 Å². The lowest BCUT2D eigenvalue weighted by atomic mass is 9.95. The zero-order valence-electron chi connectivity index (χ0n) is 9.63. The van der Waals surface area contributed by atoms with Crippen molar-refractivity contribution in [3.63, 3.8) is 0 Å². The lowest BCUT2D eigenvalue weighted by Gasteiger charge is -2.10. The maximum absolute atomic E-state index is 11.4. The van der Waals surface area contributed by atoms with Crippen LogP contribution in [0.5, 0.6) is 0 Å². The van der Waals surface area contributed by atoms with E-state index in [2.05, 4.69) is 15.9 Å². The number of carboxylic acids is 2. The molecule has 0 unspecified atom stereocenters. The first kappa shape index (κ1) is 13.3. The molecule has 0 aliphatic heterocycles. The third kappa shape index (κ3) is 2.66. The number of halogens is 1. The molecule has 2 rings (SSSR count). The minimum absolute atomic E-state index is 0.207. The average Bonchev–Trinajstić information content (AvgIpc) is 2.38. The molecule has 0 aromatic heterocycles. The van der Waals surface area contributed by atoms with Gasteiger partial charge >= 0.3 is 11.9 Å². The maximum atomic E-state index is 11.4. The van der Waals surface area contributed by atoms with Gasteiger partial charge in [-0.1, -0.05) is 46.3 Å². The Labute approximate surface area is 117 Å². The second kappa shape index (κ2) is 5.24. The van der Waals surface area contributed by atoms with E-state index >= 15 is 0 Å². The van der Waals surface area contributed by atoms with Crippen molar-refractivity contribution in [1.29, 1.82) is 0 Å². The van der Waals surface area contributed by atoms with Crippen LogP contribution >= 0.6 is 15.9 Å². The van der Waals surface area contributed by atoms with Crippen molar-refractivity contribution in [3.05, 3.63) is 58.1 Å². The lowest BCUT2D eigenvalue weighted by molar-refractivity contribution is 0.0652. The van der Waals surface area contributed by atoms with Crippen molar-refractivity contribution in [2.24, 2.45) is 0 Å². The molecule has 96 valence electrons. The van der Waals surface area contributed by atoms with Gasteiger partial charge in [0.15, 0.2) is 0 Å². The van der Waals surface area contributed by atoms with Crippen molar-refractivity contribution >= 4 is 27.9 Å². The molecular formula is C14H9BrO4. The predicted octanol–water partition coefficient (Wildman–Crippen LogP) is 3.51. The first-order valence-corrected chi connectivity index (χ1v) is 6.15. The van der Waals surface area contributed by atoms with E-state index in [-0.39, 0.29) is 11.1 Å². The van der Waals surface area contributed by atoms with Crippen LogP contribution in [0.15, 0.2) is 46.9 Å². The van der Waals surface area contributed by atoms with E-state index in [9.17, 15) is 14.7 Å². The summed E-state index contributed by atoms with van der Waals surface area (Å²) in [5.41, 5.74) is 0.589. The van der Waals surface area contributed by atoms with Gasteiger partial charge < -0.3 is 10.2 Å². The van der Waals surface area contributed by atoms with Gasteiger partial charge in [-0.05, 0) is 23.3 Å². The Morgan fingerprint density at radius 2 is 1.58 bits per heavy atom. The van der Waals surface area contributed by atoms with E-state index in [1.54, 1.807) is 36.4 Å². The molecule has 0 radical (unpaired) electrons. The van der Waals surface area contributed by atoms with Gasteiger partial charge in [-0.3, -0.25) is 0 Å². The van der Waals surface area contributed by atoms with Gasteiger partial charge in [0.2, 0.25) is 0 Å². The van der Waals surface area contributed by atoms with Crippen molar-refractivity contribution < 1.29 is 19.8 Å². The minimum atomic E-state index is -1.27. The number of benzene rings is 2. The molecule has 0 atom stereocenters. The third-order valence-electron chi connectivity index (χ3n) is 2.63. The van der Waals surface area contributed by atoms with Crippen molar-refractivity contribution in [2.45, 2.75) is 0 Å². The molecule has 2 aromatic carbocycles. The Hall–Kier alpha value is -2.14. The molecule has 0 amide bonds. The Kier molecular flexibility index (Phi) is 3.66. The number of rotatable bonds is 3. The average molecular weight is 321 g/mol. The van der Waals surface area contributed by atoms with Crippen LogP contribution in [0.4, 0.5) is 0 Å². The van der Waals surface area contributed by atoms with Crippen molar-refractivity contribution in [1.82, 2.24) is 0 Å². The van der Waals surface area contributed by atoms with Gasteiger partial charge in [0.05, 0.1) is 11.1 Å². The van der Waals surface area contributed by atoms with E-state index < -0.39 is 11.9 Å². The fourth-order valence-corrected chi connectivity index (χ4v) is 2.31. The molecule has 2 N–H and O–H groups in total. The zero-order valence-corrected chi connectivity index (χ0v) is 11.2. The molecule has 2 aromatic rings. The summed E-state index contributed by atoms with van der Waals surface area (Å²) in [7, 11) is 0. The van der Waals surface area contributed by atoms with Crippen LogP contribution in [0, 0.1) is 0 Å². The fraction of sp³-hybridized carbons (Fsp3) is 0. The quantitative estimate of drug-likeness (QED) is 0.907. The molecule has 0 saturated heterocycles. The Balaban J connectivity index is 2.80. The molecule has 0 aliphatic carbocycles. The monoisotopic (exact) mass is 320 g/mol. The van der Waals surface area contributed by atoms with Crippen molar-refractivity contribution in [2.75, 3.05) is 0 Å². The van der Waals surface area contributed by atoms with E-state index in [1.807, 2.05) is 0 Å². The SMILES string of the molecule is O=C(O)c1cc(Br)cc(-c2ccccc2)c1C(=O)O. The topological polar surface area (TPSA) is 74.6 Å². The molecule has 19 heavy (non-hydrogen) atoms. The molecule has 0 heterocycles. The summed E-state index contributed by atoms with van der Waals surface area (Å²) in [4.78, 5) is 22.5. The molecule has 0 saturated carbocycles. The smallest absolute Gasteiger partial charge is 0.337 e. The fourth-order valence-electron chi connectivity index (χ4n) is 1.85. The summed E-state index contributed by atoms with van der Waals surface area (Å²) in [6.45, 7) is 0. The first-order valence-electron chi connectivity index (χ1n) is 5.36. The zero-order chi connectivity index (χ0) is 14.0. The summed E-state index contributed by atoms with van der Waals surface area (Å²) in [6.07, 6.45) is 0. The lowest BCUT2D eigenvalue weighted by Crippen LogP contribution is -2.10. The summed E-state index contributed by atoms with van der Waals surface area (Å²) in [6, 6.07) is 11.7. The van der Waals surface area contributed by atoms with Crippen LogP contribution in [0.2, 0.25) is 0 Å². The standard InChI is InChI=1S/C14H9BrO4/c15-9-6-10(8-4-2-1-3-5-8)12(14(18)19)11(7-9)13(16)17/h1-7H,(H,16,17)(H,18,19). The van der Waals surface area contributed by atoms with E-state index in [1.165, 1.54) is 6.07 Å². The van der Waals surface area contributed by atoms with Crippen LogP contribution in [-0.4, -0.2) is 22.2 Å². The normalized spacial score (nSPS) is 10.2. The highest BCUT2D eigenvalue weighted by molar-refractivity contribution is 9.10.